The fourth-order valence-corrected chi connectivity index (χ4v) is 3.90. The van der Waals surface area contributed by atoms with Gasteiger partial charge in [-0.25, -0.2) is 28.5 Å². The first-order chi connectivity index (χ1) is 15.6. The third-order valence-electron chi connectivity index (χ3n) is 5.28. The fourth-order valence-electron chi connectivity index (χ4n) is 3.73. The van der Waals surface area contributed by atoms with Crippen molar-refractivity contribution < 1.29 is 18.3 Å². The van der Waals surface area contributed by atoms with E-state index in [1.807, 2.05) is 32.9 Å². The number of likely N-dealkylation sites (tertiary alicyclic amines) is 1. The van der Waals surface area contributed by atoms with E-state index in [2.05, 4.69) is 15.3 Å². The predicted octanol–water partition coefficient (Wildman–Crippen LogP) is 5.81. The average molecular weight is 476 g/mol. The van der Waals surface area contributed by atoms with Crippen molar-refractivity contribution in [2.45, 2.75) is 45.1 Å². The van der Waals surface area contributed by atoms with E-state index in [4.69, 9.17) is 21.3 Å². The summed E-state index contributed by atoms with van der Waals surface area (Å²) >= 11 is 5.69. The standard InChI is InChI=1S/C23H24ClF2N5O2/c1-23(2,3)33-22(32)31-10-4-5-13(11-31)15-8-9-17-20(29-15)21(28-12-27-17)30-16-7-6-14(25)18(24)19(16)26/h6-9,12-13H,4-5,10-11H2,1-3H3,(H,27,28,30). The first-order valence-corrected chi connectivity index (χ1v) is 11.0. The van der Waals surface area contributed by atoms with E-state index in [1.165, 1.54) is 12.4 Å². The fraction of sp³-hybridized carbons (Fsp3) is 0.391. The van der Waals surface area contributed by atoms with Gasteiger partial charge in [0.1, 0.15) is 28.3 Å². The van der Waals surface area contributed by atoms with Crippen molar-refractivity contribution in [1.29, 1.82) is 0 Å². The lowest BCUT2D eigenvalue weighted by molar-refractivity contribution is 0.0197. The summed E-state index contributed by atoms with van der Waals surface area (Å²) in [5.74, 6) is -1.50. The number of aromatic nitrogens is 3. The molecular weight excluding hydrogens is 452 g/mol. The Hall–Kier alpha value is -3.07. The Labute approximate surface area is 195 Å². The quantitative estimate of drug-likeness (QED) is 0.481. The number of ether oxygens (including phenoxy) is 1. The molecule has 1 amide bonds. The Morgan fingerprint density at radius 3 is 2.76 bits per heavy atom. The van der Waals surface area contributed by atoms with Crippen LogP contribution >= 0.6 is 11.6 Å². The Balaban J connectivity index is 1.62. The highest BCUT2D eigenvalue weighted by Crippen LogP contribution is 2.31. The highest BCUT2D eigenvalue weighted by atomic mass is 35.5. The van der Waals surface area contributed by atoms with Crippen LogP contribution in [0.2, 0.25) is 5.02 Å². The maximum Gasteiger partial charge on any atom is 0.410 e. The number of carbonyl (C=O) groups is 1. The van der Waals surface area contributed by atoms with Crippen molar-refractivity contribution in [3.8, 4) is 0 Å². The van der Waals surface area contributed by atoms with Gasteiger partial charge in [0.05, 0.1) is 11.2 Å². The summed E-state index contributed by atoms with van der Waals surface area (Å²) in [7, 11) is 0. The van der Waals surface area contributed by atoms with Crippen LogP contribution in [0.5, 0.6) is 0 Å². The number of hydrogen-bond donors (Lipinski definition) is 1. The molecule has 0 bridgehead atoms. The third kappa shape index (κ3) is 5.13. The van der Waals surface area contributed by atoms with E-state index in [0.717, 1.165) is 24.6 Å². The lowest BCUT2D eigenvalue weighted by atomic mass is 9.94. The number of benzene rings is 1. The minimum atomic E-state index is -0.917. The number of anilines is 2. The van der Waals surface area contributed by atoms with Gasteiger partial charge in [-0.1, -0.05) is 11.6 Å². The summed E-state index contributed by atoms with van der Waals surface area (Å²) in [4.78, 5) is 27.4. The molecule has 3 heterocycles. The number of amides is 1. The van der Waals surface area contributed by atoms with Crippen molar-refractivity contribution in [2.75, 3.05) is 18.4 Å². The molecule has 1 N–H and O–H groups in total. The highest BCUT2D eigenvalue weighted by molar-refractivity contribution is 6.31. The predicted molar refractivity (Wildman–Crippen MR) is 122 cm³/mol. The van der Waals surface area contributed by atoms with Gasteiger partial charge in [0, 0.05) is 24.7 Å². The SMILES string of the molecule is CC(C)(C)OC(=O)N1CCCC(c2ccc3ncnc(Nc4ccc(F)c(Cl)c4F)c3n2)C1. The zero-order valence-electron chi connectivity index (χ0n) is 18.5. The number of carbonyl (C=O) groups excluding carboxylic acids is 1. The molecule has 1 fully saturated rings. The second-order valence-electron chi connectivity index (χ2n) is 8.94. The maximum absolute atomic E-state index is 14.4. The van der Waals surface area contributed by atoms with Gasteiger partial charge in [-0.3, -0.25) is 0 Å². The number of halogens is 3. The van der Waals surface area contributed by atoms with Gasteiger partial charge in [-0.2, -0.15) is 0 Å². The van der Waals surface area contributed by atoms with Crippen LogP contribution in [0.4, 0.5) is 25.1 Å². The van der Waals surface area contributed by atoms with Crippen LogP contribution in [0.1, 0.15) is 45.2 Å². The number of hydrogen-bond acceptors (Lipinski definition) is 6. The Morgan fingerprint density at radius 2 is 2.00 bits per heavy atom. The van der Waals surface area contributed by atoms with Gasteiger partial charge in [-0.15, -0.1) is 0 Å². The van der Waals surface area contributed by atoms with Gasteiger partial charge in [0.2, 0.25) is 0 Å². The molecule has 174 valence electrons. The molecule has 0 aliphatic carbocycles. The lowest BCUT2D eigenvalue weighted by Gasteiger charge is -2.34. The minimum Gasteiger partial charge on any atom is -0.444 e. The van der Waals surface area contributed by atoms with Crippen molar-refractivity contribution in [3.05, 3.63) is 52.9 Å². The number of rotatable bonds is 3. The summed E-state index contributed by atoms with van der Waals surface area (Å²) in [6.07, 6.45) is 2.66. The number of piperidine rings is 1. The molecule has 7 nitrogen and oxygen atoms in total. The zero-order valence-corrected chi connectivity index (χ0v) is 19.3. The molecule has 1 aliphatic heterocycles. The van der Waals surface area contributed by atoms with Gasteiger partial charge in [-0.05, 0) is 57.9 Å². The summed E-state index contributed by atoms with van der Waals surface area (Å²) in [5.41, 5.74) is 1.17. The number of nitrogens with zero attached hydrogens (tertiary/aromatic N) is 4. The second-order valence-corrected chi connectivity index (χ2v) is 9.32. The smallest absolute Gasteiger partial charge is 0.410 e. The summed E-state index contributed by atoms with van der Waals surface area (Å²) < 4.78 is 33.4. The molecule has 0 saturated carbocycles. The van der Waals surface area contributed by atoms with Crippen LogP contribution in [-0.2, 0) is 4.74 Å². The van der Waals surface area contributed by atoms with Crippen LogP contribution in [0.15, 0.2) is 30.6 Å². The molecule has 0 radical (unpaired) electrons. The summed E-state index contributed by atoms with van der Waals surface area (Å²) in [6.45, 7) is 6.61. The van der Waals surface area contributed by atoms with E-state index in [9.17, 15) is 13.6 Å². The Morgan fingerprint density at radius 1 is 1.21 bits per heavy atom. The van der Waals surface area contributed by atoms with Crippen LogP contribution in [0, 0.1) is 11.6 Å². The van der Waals surface area contributed by atoms with E-state index in [-0.39, 0.29) is 23.5 Å². The van der Waals surface area contributed by atoms with Crippen molar-refractivity contribution in [1.82, 2.24) is 19.9 Å². The number of nitrogens with one attached hydrogen (secondary N) is 1. The van der Waals surface area contributed by atoms with E-state index in [1.54, 1.807) is 4.90 Å². The molecule has 1 atom stereocenters. The molecule has 3 aromatic rings. The first-order valence-electron chi connectivity index (χ1n) is 10.6. The number of pyridine rings is 1. The van der Waals surface area contributed by atoms with Crippen LogP contribution in [-0.4, -0.2) is 44.6 Å². The molecule has 33 heavy (non-hydrogen) atoms. The third-order valence-corrected chi connectivity index (χ3v) is 5.63. The normalized spacial score (nSPS) is 16.7. The van der Waals surface area contributed by atoms with Gasteiger partial charge in [0.15, 0.2) is 11.6 Å². The molecule has 2 aromatic heterocycles. The van der Waals surface area contributed by atoms with Crippen LogP contribution < -0.4 is 5.32 Å². The van der Waals surface area contributed by atoms with Crippen molar-refractivity contribution >= 4 is 40.2 Å². The zero-order chi connectivity index (χ0) is 23.8. The summed E-state index contributed by atoms with van der Waals surface area (Å²) in [6, 6.07) is 6.00. The van der Waals surface area contributed by atoms with Crippen molar-refractivity contribution in [3.63, 3.8) is 0 Å². The van der Waals surface area contributed by atoms with E-state index >= 15 is 0 Å². The molecule has 10 heteroatoms. The lowest BCUT2D eigenvalue weighted by Crippen LogP contribution is -2.42. The van der Waals surface area contributed by atoms with E-state index in [0.29, 0.717) is 24.1 Å². The molecule has 1 aliphatic rings. The Kier molecular flexibility index (Phi) is 6.34. The van der Waals surface area contributed by atoms with Crippen LogP contribution in [0.3, 0.4) is 0 Å². The van der Waals surface area contributed by atoms with Gasteiger partial charge >= 0.3 is 6.09 Å². The van der Waals surface area contributed by atoms with Crippen molar-refractivity contribution in [2.24, 2.45) is 0 Å². The summed E-state index contributed by atoms with van der Waals surface area (Å²) in [5, 5.41) is 2.24. The van der Waals surface area contributed by atoms with Gasteiger partial charge < -0.3 is 15.0 Å². The highest BCUT2D eigenvalue weighted by Gasteiger charge is 2.29. The topological polar surface area (TPSA) is 80.2 Å². The first kappa shape index (κ1) is 23.1. The monoisotopic (exact) mass is 475 g/mol. The molecule has 0 spiro atoms. The maximum atomic E-state index is 14.4. The average Bonchev–Trinajstić information content (AvgIpc) is 2.78. The molecule has 1 unspecified atom stereocenters. The molecule has 1 saturated heterocycles. The second kappa shape index (κ2) is 9.05. The number of fused-ring (bicyclic) bond motifs is 1. The van der Waals surface area contributed by atoms with E-state index < -0.39 is 22.3 Å². The van der Waals surface area contributed by atoms with Crippen LogP contribution in [0.25, 0.3) is 11.0 Å². The Bertz CT molecular complexity index is 1200. The minimum absolute atomic E-state index is 0.000672. The van der Waals surface area contributed by atoms with Gasteiger partial charge in [0.25, 0.3) is 0 Å². The largest absolute Gasteiger partial charge is 0.444 e. The molecule has 1 aromatic carbocycles. The molecule has 4 rings (SSSR count). The molecular formula is C23H24ClF2N5O2.